The second kappa shape index (κ2) is 7.01. The maximum absolute atomic E-state index is 6.41. The Labute approximate surface area is 180 Å². The van der Waals surface area contributed by atoms with Gasteiger partial charge in [-0.1, -0.05) is 68.5 Å². The fraction of sp³-hybridized carbons (Fsp3) is 0.444. The summed E-state index contributed by atoms with van der Waals surface area (Å²) in [5.74, 6) is 1.39. The topological polar surface area (TPSA) is 50.4 Å². The highest BCUT2D eigenvalue weighted by Crippen LogP contribution is 2.67. The lowest BCUT2D eigenvalue weighted by molar-refractivity contribution is -0.104. The van der Waals surface area contributed by atoms with Gasteiger partial charge in [0.15, 0.2) is 5.96 Å². The number of aliphatic imine (C=N–C) groups is 1. The van der Waals surface area contributed by atoms with E-state index in [1.54, 1.807) is 0 Å². The summed E-state index contributed by atoms with van der Waals surface area (Å²) in [4.78, 5) is 5.12. The van der Waals surface area contributed by atoms with E-state index >= 15 is 0 Å². The second-order valence-corrected chi connectivity index (χ2v) is 10.8. The monoisotopic (exact) mass is 399 g/mol. The van der Waals surface area contributed by atoms with Crippen LogP contribution in [0.15, 0.2) is 59.6 Å². The average Bonchev–Trinajstić information content (AvgIpc) is 2.65. The van der Waals surface area contributed by atoms with E-state index < -0.39 is 0 Å². The number of rotatable bonds is 4. The highest BCUT2D eigenvalue weighted by Gasteiger charge is 2.60. The number of hydrogen-bond acceptors (Lipinski definition) is 1. The normalized spacial score (nSPS) is 35.1. The Hall–Kier alpha value is -2.55. The molecule has 30 heavy (non-hydrogen) atoms. The van der Waals surface area contributed by atoms with Gasteiger partial charge in [0.05, 0.1) is 5.54 Å². The van der Waals surface area contributed by atoms with Gasteiger partial charge in [0, 0.05) is 5.69 Å². The van der Waals surface area contributed by atoms with Crippen molar-refractivity contribution >= 4 is 23.8 Å². The zero-order valence-corrected chi connectivity index (χ0v) is 18.2. The van der Waals surface area contributed by atoms with Gasteiger partial charge in [0.25, 0.3) is 0 Å². The summed E-state index contributed by atoms with van der Waals surface area (Å²) in [5.41, 5.74) is 10.7. The fourth-order valence-corrected chi connectivity index (χ4v) is 7.38. The smallest absolute Gasteiger partial charge is 0.193 e. The highest BCUT2D eigenvalue weighted by atomic mass is 15.1. The highest BCUT2D eigenvalue weighted by molar-refractivity contribution is 5.92. The van der Waals surface area contributed by atoms with Gasteiger partial charge in [-0.05, 0) is 78.5 Å². The number of benzene rings is 2. The molecule has 4 fully saturated rings. The molecule has 0 radical (unpaired) electrons. The number of nitrogens with one attached hydrogen (secondary N) is 1. The molecule has 2 unspecified atom stereocenters. The van der Waals surface area contributed by atoms with Crippen molar-refractivity contribution in [2.45, 2.75) is 57.9 Å². The molecule has 3 heteroatoms. The van der Waals surface area contributed by atoms with Crippen molar-refractivity contribution in [1.29, 1.82) is 0 Å². The van der Waals surface area contributed by atoms with Gasteiger partial charge in [-0.15, -0.1) is 0 Å². The second-order valence-electron chi connectivity index (χ2n) is 10.8. The molecule has 2 aromatic carbocycles. The third kappa shape index (κ3) is 3.90. The predicted octanol–water partition coefficient (Wildman–Crippen LogP) is 6.33. The fourth-order valence-electron chi connectivity index (χ4n) is 7.38. The van der Waals surface area contributed by atoms with Crippen LogP contribution in [0.4, 0.5) is 5.69 Å². The first-order valence-corrected chi connectivity index (χ1v) is 11.3. The van der Waals surface area contributed by atoms with Crippen LogP contribution in [0, 0.1) is 16.7 Å². The molecule has 2 atom stereocenters. The van der Waals surface area contributed by atoms with Crippen LogP contribution in [-0.2, 0) is 0 Å². The quantitative estimate of drug-likeness (QED) is 0.358. The van der Waals surface area contributed by atoms with Gasteiger partial charge in [-0.25, -0.2) is 4.99 Å². The minimum Gasteiger partial charge on any atom is -0.370 e. The Bertz CT molecular complexity index is 955. The Morgan fingerprint density at radius 1 is 0.867 bits per heavy atom. The third-order valence-electron chi connectivity index (χ3n) is 7.41. The summed E-state index contributed by atoms with van der Waals surface area (Å²) >= 11 is 0. The molecule has 0 aromatic heterocycles. The van der Waals surface area contributed by atoms with Crippen LogP contribution >= 0.6 is 0 Å². The maximum atomic E-state index is 6.41. The van der Waals surface area contributed by atoms with Crippen LogP contribution < -0.4 is 11.1 Å². The first-order chi connectivity index (χ1) is 14.3. The van der Waals surface area contributed by atoms with E-state index in [4.69, 9.17) is 10.7 Å². The van der Waals surface area contributed by atoms with E-state index in [1.807, 2.05) is 6.07 Å². The van der Waals surface area contributed by atoms with Gasteiger partial charge in [0.1, 0.15) is 0 Å². The van der Waals surface area contributed by atoms with Crippen molar-refractivity contribution in [3.8, 4) is 0 Å². The molecule has 156 valence electrons. The Balaban J connectivity index is 1.28. The number of guanidine groups is 1. The molecule has 6 rings (SSSR count). The summed E-state index contributed by atoms with van der Waals surface area (Å²) in [6.07, 6.45) is 12.0. The molecule has 3 nitrogen and oxygen atoms in total. The molecule has 0 spiro atoms. The summed E-state index contributed by atoms with van der Waals surface area (Å²) in [7, 11) is 0. The zero-order valence-electron chi connectivity index (χ0n) is 18.2. The third-order valence-corrected chi connectivity index (χ3v) is 7.41. The van der Waals surface area contributed by atoms with Crippen molar-refractivity contribution in [1.82, 2.24) is 0 Å². The van der Waals surface area contributed by atoms with Crippen molar-refractivity contribution in [3.63, 3.8) is 0 Å². The van der Waals surface area contributed by atoms with Crippen molar-refractivity contribution in [2.24, 2.45) is 27.5 Å². The molecule has 4 saturated carbocycles. The Kier molecular flexibility index (Phi) is 4.53. The average molecular weight is 400 g/mol. The molecule has 4 bridgehead atoms. The molecule has 4 aliphatic rings. The van der Waals surface area contributed by atoms with Gasteiger partial charge < -0.3 is 11.1 Å². The zero-order chi connectivity index (χ0) is 20.8. The summed E-state index contributed by atoms with van der Waals surface area (Å²) in [5, 5.41) is 3.35. The molecule has 2 aromatic rings. The number of hydrogen-bond donors (Lipinski definition) is 2. The van der Waals surface area contributed by atoms with E-state index in [9.17, 15) is 0 Å². The maximum Gasteiger partial charge on any atom is 0.193 e. The van der Waals surface area contributed by atoms with E-state index in [-0.39, 0.29) is 5.54 Å². The molecular weight excluding hydrogens is 366 g/mol. The van der Waals surface area contributed by atoms with E-state index in [0.29, 0.717) is 16.8 Å². The minimum atomic E-state index is 0.0400. The Morgan fingerprint density at radius 3 is 2.07 bits per heavy atom. The summed E-state index contributed by atoms with van der Waals surface area (Å²) in [6, 6.07) is 18.7. The lowest BCUT2D eigenvalue weighted by Gasteiger charge is -2.64. The van der Waals surface area contributed by atoms with E-state index in [2.05, 4.69) is 79.8 Å². The first-order valence-electron chi connectivity index (χ1n) is 11.3. The van der Waals surface area contributed by atoms with E-state index in [1.165, 1.54) is 49.7 Å². The standard InChI is InChI=1S/C27H33N3/c1-25-14-22-15-26(2,17-25)19-27(16-22,18-25)30-24(28)29-23-12-10-21(11-13-23)9-8-20-6-4-3-5-7-20/h3-13,22H,14-19H2,1-2H3,(H3,28,29,30). The van der Waals surface area contributed by atoms with Crippen LogP contribution in [0.5, 0.6) is 0 Å². The number of nitrogens with zero attached hydrogens (tertiary/aromatic N) is 1. The first kappa shape index (κ1) is 19.4. The van der Waals surface area contributed by atoms with Gasteiger partial charge in [-0.3, -0.25) is 0 Å². The van der Waals surface area contributed by atoms with Crippen LogP contribution in [0.25, 0.3) is 12.2 Å². The van der Waals surface area contributed by atoms with E-state index in [0.717, 1.165) is 11.6 Å². The van der Waals surface area contributed by atoms with Crippen LogP contribution in [0.1, 0.15) is 63.5 Å². The van der Waals surface area contributed by atoms with Gasteiger partial charge in [-0.2, -0.15) is 0 Å². The lowest BCUT2D eigenvalue weighted by atomic mass is 9.43. The number of nitrogens with two attached hydrogens (primary N) is 1. The molecular formula is C27H33N3. The summed E-state index contributed by atoms with van der Waals surface area (Å²) < 4.78 is 0. The largest absolute Gasteiger partial charge is 0.370 e. The molecule has 3 N–H and O–H groups in total. The Morgan fingerprint density at radius 2 is 1.47 bits per heavy atom. The molecule has 4 aliphatic carbocycles. The van der Waals surface area contributed by atoms with Crippen LogP contribution in [-0.4, -0.2) is 11.5 Å². The molecule has 0 amide bonds. The minimum absolute atomic E-state index is 0.0400. The lowest BCUT2D eigenvalue weighted by Crippen LogP contribution is -2.58. The van der Waals surface area contributed by atoms with Crippen molar-refractivity contribution in [3.05, 3.63) is 65.7 Å². The van der Waals surface area contributed by atoms with Gasteiger partial charge in [0.2, 0.25) is 0 Å². The molecule has 0 aliphatic heterocycles. The molecule has 0 heterocycles. The predicted molar refractivity (Wildman–Crippen MR) is 127 cm³/mol. The van der Waals surface area contributed by atoms with Crippen LogP contribution in [0.3, 0.4) is 0 Å². The summed E-state index contributed by atoms with van der Waals surface area (Å²) in [6.45, 7) is 4.95. The van der Waals surface area contributed by atoms with Crippen LogP contribution in [0.2, 0.25) is 0 Å². The van der Waals surface area contributed by atoms with Crippen molar-refractivity contribution < 1.29 is 0 Å². The van der Waals surface area contributed by atoms with Crippen molar-refractivity contribution in [2.75, 3.05) is 5.32 Å². The number of anilines is 1. The molecule has 0 saturated heterocycles. The van der Waals surface area contributed by atoms with Gasteiger partial charge >= 0.3 is 0 Å². The SMILES string of the molecule is CC12CC3CC(C)(C1)CC(N=C(N)Nc1ccc(C=Cc4ccccc4)cc1)(C3)C2.